The lowest BCUT2D eigenvalue weighted by molar-refractivity contribution is 0.557. The van der Waals surface area contributed by atoms with Gasteiger partial charge in [-0.25, -0.2) is 9.97 Å². The van der Waals surface area contributed by atoms with Crippen LogP contribution in [-0.2, 0) is 13.0 Å². The zero-order valence-electron chi connectivity index (χ0n) is 14.0. The van der Waals surface area contributed by atoms with Crippen LogP contribution in [0, 0.1) is 13.8 Å². The topological polar surface area (TPSA) is 59.7 Å². The second-order valence-electron chi connectivity index (χ2n) is 6.70. The van der Waals surface area contributed by atoms with E-state index >= 15 is 0 Å². The van der Waals surface area contributed by atoms with Gasteiger partial charge in [-0.2, -0.15) is 0 Å². The predicted octanol–water partition coefficient (Wildman–Crippen LogP) is 2.75. The molecule has 2 aromatic heterocycles. The van der Waals surface area contributed by atoms with Crippen LogP contribution in [0.25, 0.3) is 0 Å². The summed E-state index contributed by atoms with van der Waals surface area (Å²) in [6.07, 6.45) is 7.12. The Morgan fingerprint density at radius 2 is 1.91 bits per heavy atom. The number of hydrogen-bond acceptors (Lipinski definition) is 5. The van der Waals surface area contributed by atoms with E-state index in [0.29, 0.717) is 6.04 Å². The molecule has 0 aliphatic carbocycles. The van der Waals surface area contributed by atoms with Crippen LogP contribution in [0.3, 0.4) is 0 Å². The maximum atomic E-state index is 4.66. The maximum absolute atomic E-state index is 4.66. The van der Waals surface area contributed by atoms with E-state index in [9.17, 15) is 0 Å². The molecule has 1 fully saturated rings. The summed E-state index contributed by atoms with van der Waals surface area (Å²) in [6.45, 7) is 6.09. The average molecular weight is 312 g/mol. The van der Waals surface area contributed by atoms with Crippen LogP contribution in [-0.4, -0.2) is 31.3 Å². The Balaban J connectivity index is 1.69. The monoisotopic (exact) mass is 312 g/mol. The minimum Gasteiger partial charge on any atom is -0.346 e. The summed E-state index contributed by atoms with van der Waals surface area (Å²) in [7, 11) is 0. The molecule has 2 aliphatic heterocycles. The molecular weight excluding hydrogens is 288 g/mol. The van der Waals surface area contributed by atoms with E-state index in [4.69, 9.17) is 0 Å². The molecule has 6 heteroatoms. The van der Waals surface area contributed by atoms with Crippen molar-refractivity contribution in [2.24, 2.45) is 0 Å². The highest BCUT2D eigenvalue weighted by Crippen LogP contribution is 2.35. The molecule has 1 atom stereocenters. The van der Waals surface area contributed by atoms with Crippen molar-refractivity contribution in [1.82, 2.24) is 24.7 Å². The minimum absolute atomic E-state index is 0.294. The lowest BCUT2D eigenvalue weighted by Crippen LogP contribution is -2.27. The molecule has 2 aliphatic rings. The number of fused-ring (bicyclic) bond motifs is 1. The van der Waals surface area contributed by atoms with Gasteiger partial charge in [0.25, 0.3) is 0 Å². The molecule has 122 valence electrons. The van der Waals surface area contributed by atoms with Gasteiger partial charge in [0.15, 0.2) is 5.82 Å². The van der Waals surface area contributed by atoms with E-state index in [1.165, 1.54) is 31.5 Å². The Labute approximate surface area is 137 Å². The van der Waals surface area contributed by atoms with Crippen LogP contribution in [0.2, 0.25) is 0 Å². The number of rotatable bonds is 2. The molecule has 4 heterocycles. The third-order valence-electron chi connectivity index (χ3n) is 4.94. The minimum atomic E-state index is 0.294. The Morgan fingerprint density at radius 3 is 2.78 bits per heavy atom. The van der Waals surface area contributed by atoms with Gasteiger partial charge in [0.2, 0.25) is 0 Å². The van der Waals surface area contributed by atoms with Gasteiger partial charge in [0.05, 0.1) is 6.04 Å². The first-order valence-corrected chi connectivity index (χ1v) is 8.73. The fourth-order valence-corrected chi connectivity index (χ4v) is 3.91. The Bertz CT molecular complexity index is 687. The first-order valence-electron chi connectivity index (χ1n) is 8.73. The summed E-state index contributed by atoms with van der Waals surface area (Å²) < 4.78 is 2.37. The molecule has 0 unspecified atom stereocenters. The summed E-state index contributed by atoms with van der Waals surface area (Å²) >= 11 is 0. The largest absolute Gasteiger partial charge is 0.346 e. The number of aryl methyl sites for hydroxylation is 3. The summed E-state index contributed by atoms with van der Waals surface area (Å²) in [5.41, 5.74) is 1.03. The predicted molar refractivity (Wildman–Crippen MR) is 88.4 cm³/mol. The van der Waals surface area contributed by atoms with Gasteiger partial charge in [-0.15, -0.1) is 10.2 Å². The highest BCUT2D eigenvalue weighted by Gasteiger charge is 2.32. The van der Waals surface area contributed by atoms with Crippen molar-refractivity contribution >= 4 is 5.82 Å². The summed E-state index contributed by atoms with van der Waals surface area (Å²) in [5.74, 6) is 4.17. The molecule has 0 aromatic carbocycles. The van der Waals surface area contributed by atoms with Gasteiger partial charge in [-0.1, -0.05) is 6.42 Å². The molecule has 0 bridgehead atoms. The van der Waals surface area contributed by atoms with Crippen molar-refractivity contribution in [2.45, 2.75) is 65.0 Å². The lowest BCUT2D eigenvalue weighted by Gasteiger charge is -2.26. The van der Waals surface area contributed by atoms with E-state index in [2.05, 4.69) is 35.7 Å². The van der Waals surface area contributed by atoms with Gasteiger partial charge in [-0.05, 0) is 39.5 Å². The molecule has 0 amide bonds. The molecule has 2 aromatic rings. The van der Waals surface area contributed by atoms with E-state index in [0.717, 1.165) is 49.1 Å². The van der Waals surface area contributed by atoms with Crippen LogP contribution in [0.1, 0.15) is 61.3 Å². The normalized spacial score (nSPS) is 21.3. The molecule has 1 saturated heterocycles. The van der Waals surface area contributed by atoms with Crippen LogP contribution in [0.15, 0.2) is 6.07 Å². The second kappa shape index (κ2) is 5.91. The molecule has 4 rings (SSSR count). The zero-order chi connectivity index (χ0) is 15.8. The van der Waals surface area contributed by atoms with Gasteiger partial charge < -0.3 is 9.47 Å². The number of anilines is 1. The highest BCUT2D eigenvalue weighted by molar-refractivity contribution is 5.43. The summed E-state index contributed by atoms with van der Waals surface area (Å²) in [5, 5.41) is 9.05. The van der Waals surface area contributed by atoms with Crippen molar-refractivity contribution in [3.63, 3.8) is 0 Å². The van der Waals surface area contributed by atoms with E-state index in [1.807, 2.05) is 13.8 Å². The number of aromatic nitrogens is 5. The smallest absolute Gasteiger partial charge is 0.155 e. The summed E-state index contributed by atoms with van der Waals surface area (Å²) in [4.78, 5) is 11.5. The van der Waals surface area contributed by atoms with Crippen molar-refractivity contribution in [1.29, 1.82) is 0 Å². The van der Waals surface area contributed by atoms with E-state index in [-0.39, 0.29) is 0 Å². The zero-order valence-corrected chi connectivity index (χ0v) is 14.0. The summed E-state index contributed by atoms with van der Waals surface area (Å²) in [6, 6.07) is 2.38. The van der Waals surface area contributed by atoms with Crippen molar-refractivity contribution < 1.29 is 0 Å². The highest BCUT2D eigenvalue weighted by atomic mass is 15.3. The third-order valence-corrected chi connectivity index (χ3v) is 4.94. The number of hydrogen-bond donors (Lipinski definition) is 0. The third kappa shape index (κ3) is 2.71. The molecule has 0 radical (unpaired) electrons. The second-order valence-corrected chi connectivity index (χ2v) is 6.70. The molecule has 0 N–H and O–H groups in total. The lowest BCUT2D eigenvalue weighted by atomic mass is 10.2. The van der Waals surface area contributed by atoms with Crippen LogP contribution >= 0.6 is 0 Å². The van der Waals surface area contributed by atoms with Crippen LogP contribution in [0.5, 0.6) is 0 Å². The number of nitrogens with zero attached hydrogens (tertiary/aromatic N) is 6. The quantitative estimate of drug-likeness (QED) is 0.853. The van der Waals surface area contributed by atoms with Crippen LogP contribution < -0.4 is 4.90 Å². The fourth-order valence-electron chi connectivity index (χ4n) is 3.91. The Kier molecular flexibility index (Phi) is 3.75. The maximum Gasteiger partial charge on any atom is 0.155 e. The molecule has 6 nitrogen and oxygen atoms in total. The van der Waals surface area contributed by atoms with Crippen molar-refractivity contribution in [2.75, 3.05) is 11.4 Å². The Morgan fingerprint density at radius 1 is 1.00 bits per heavy atom. The van der Waals surface area contributed by atoms with Crippen molar-refractivity contribution in [3.05, 3.63) is 29.2 Å². The van der Waals surface area contributed by atoms with Gasteiger partial charge in [-0.3, -0.25) is 0 Å². The fraction of sp³-hybridized carbons (Fsp3) is 0.647. The molecule has 0 saturated carbocycles. The van der Waals surface area contributed by atoms with Crippen LogP contribution in [0.4, 0.5) is 5.82 Å². The SMILES string of the molecule is Cc1cc(N2CCC[C@H]2c2nnc3n2CCCCC3)nc(C)n1. The first kappa shape index (κ1) is 14.6. The Hall–Kier alpha value is -1.98. The molecule has 23 heavy (non-hydrogen) atoms. The molecular formula is C17H24N6. The van der Waals surface area contributed by atoms with E-state index in [1.54, 1.807) is 0 Å². The van der Waals surface area contributed by atoms with Gasteiger partial charge in [0.1, 0.15) is 17.5 Å². The standard InChI is InChI=1S/C17H24N6/c1-12-11-16(19-13(2)18-12)22-10-6-7-14(22)17-21-20-15-8-4-3-5-9-23(15)17/h11,14H,3-10H2,1-2H3/t14-/m0/s1. The van der Waals surface area contributed by atoms with Crippen molar-refractivity contribution in [3.8, 4) is 0 Å². The average Bonchev–Trinajstić information content (AvgIpc) is 3.07. The first-order chi connectivity index (χ1) is 11.2. The molecule has 0 spiro atoms. The van der Waals surface area contributed by atoms with E-state index < -0.39 is 0 Å². The van der Waals surface area contributed by atoms with Gasteiger partial charge in [0, 0.05) is 31.3 Å². The van der Waals surface area contributed by atoms with Gasteiger partial charge >= 0.3 is 0 Å².